The smallest absolute Gasteiger partial charge is 0.408 e. The Hall–Kier alpha value is -3.63. The van der Waals surface area contributed by atoms with Crippen LogP contribution in [0.15, 0.2) is 30.3 Å². The number of ether oxygens (including phenoxy) is 2. The standard InChI is InChI=1S/C21H30N4O7/c1-21(2,3)32-20(30)25-15(11-16(22)26)19(29)24-14(18(23)28)9-10-17(27)31-12-13-7-5-4-6-8-13/h4-8,14-15H,9-12H2,1-3H3,(H2,22,26)(H2,23,28)(H,24,29)(H,25,30)/t14-,15+/m1/s1. The first-order valence-corrected chi connectivity index (χ1v) is 9.94. The molecular weight excluding hydrogens is 420 g/mol. The minimum atomic E-state index is -1.39. The highest BCUT2D eigenvalue weighted by atomic mass is 16.6. The maximum absolute atomic E-state index is 12.5. The van der Waals surface area contributed by atoms with E-state index in [2.05, 4.69) is 10.6 Å². The van der Waals surface area contributed by atoms with E-state index < -0.39 is 53.9 Å². The normalized spacial score (nSPS) is 12.7. The van der Waals surface area contributed by atoms with Crippen LogP contribution >= 0.6 is 0 Å². The Morgan fingerprint density at radius 3 is 2.12 bits per heavy atom. The summed E-state index contributed by atoms with van der Waals surface area (Å²) < 4.78 is 10.2. The van der Waals surface area contributed by atoms with E-state index in [1.807, 2.05) is 6.07 Å². The Morgan fingerprint density at radius 2 is 1.59 bits per heavy atom. The predicted octanol–water partition coefficient (Wildman–Crippen LogP) is 0.249. The molecule has 1 aromatic carbocycles. The number of benzene rings is 1. The van der Waals surface area contributed by atoms with Crippen LogP contribution in [-0.4, -0.2) is 47.5 Å². The molecule has 1 rings (SSSR count). The summed E-state index contributed by atoms with van der Waals surface area (Å²) in [6.07, 6.45) is -1.81. The van der Waals surface area contributed by atoms with Crippen molar-refractivity contribution in [2.75, 3.05) is 0 Å². The molecule has 0 aliphatic rings. The number of hydrogen-bond acceptors (Lipinski definition) is 7. The maximum atomic E-state index is 12.5. The van der Waals surface area contributed by atoms with E-state index in [9.17, 15) is 24.0 Å². The summed E-state index contributed by atoms with van der Waals surface area (Å²) >= 11 is 0. The molecule has 176 valence electrons. The lowest BCUT2D eigenvalue weighted by molar-refractivity contribution is -0.145. The quantitative estimate of drug-likeness (QED) is 0.349. The van der Waals surface area contributed by atoms with Gasteiger partial charge in [-0.3, -0.25) is 19.2 Å². The molecule has 1 aromatic rings. The van der Waals surface area contributed by atoms with E-state index >= 15 is 0 Å². The molecule has 11 heteroatoms. The van der Waals surface area contributed by atoms with Crippen LogP contribution in [-0.2, 0) is 35.3 Å². The van der Waals surface area contributed by atoms with Crippen molar-refractivity contribution in [1.29, 1.82) is 0 Å². The molecule has 0 heterocycles. The van der Waals surface area contributed by atoms with Crippen LogP contribution in [0.25, 0.3) is 0 Å². The summed E-state index contributed by atoms with van der Waals surface area (Å²) in [6, 6.07) is 6.38. The number of nitrogens with two attached hydrogens (primary N) is 2. The van der Waals surface area contributed by atoms with Crippen LogP contribution in [0.3, 0.4) is 0 Å². The number of amides is 4. The average molecular weight is 450 g/mol. The number of hydrogen-bond donors (Lipinski definition) is 4. The van der Waals surface area contributed by atoms with Crippen molar-refractivity contribution in [2.24, 2.45) is 11.5 Å². The van der Waals surface area contributed by atoms with Gasteiger partial charge in [0, 0.05) is 6.42 Å². The molecule has 0 aromatic heterocycles. The van der Waals surface area contributed by atoms with Crippen LogP contribution in [0.1, 0.15) is 45.6 Å². The van der Waals surface area contributed by atoms with E-state index in [-0.39, 0.29) is 19.4 Å². The number of nitrogens with one attached hydrogen (secondary N) is 2. The van der Waals surface area contributed by atoms with Crippen LogP contribution < -0.4 is 22.1 Å². The minimum absolute atomic E-state index is 0.0633. The Balaban J connectivity index is 2.66. The Morgan fingerprint density at radius 1 is 0.969 bits per heavy atom. The second kappa shape index (κ2) is 12.3. The van der Waals surface area contributed by atoms with Crippen LogP contribution in [0, 0.1) is 0 Å². The monoisotopic (exact) mass is 450 g/mol. The number of alkyl carbamates (subject to hydrolysis) is 1. The van der Waals surface area contributed by atoms with Crippen LogP contribution in [0.4, 0.5) is 4.79 Å². The number of carbonyl (C=O) groups excluding carboxylic acids is 5. The van der Waals surface area contributed by atoms with Gasteiger partial charge in [-0.25, -0.2) is 4.79 Å². The number of rotatable bonds is 11. The number of primary amides is 2. The maximum Gasteiger partial charge on any atom is 0.408 e. The average Bonchev–Trinajstić information content (AvgIpc) is 2.67. The topological polar surface area (TPSA) is 180 Å². The molecule has 0 aliphatic carbocycles. The van der Waals surface area contributed by atoms with Gasteiger partial charge in [-0.15, -0.1) is 0 Å². The number of carbonyl (C=O) groups is 5. The second-order valence-corrected chi connectivity index (χ2v) is 8.02. The zero-order valence-electron chi connectivity index (χ0n) is 18.4. The fourth-order valence-corrected chi connectivity index (χ4v) is 2.49. The van der Waals surface area contributed by atoms with E-state index in [0.717, 1.165) is 5.56 Å². The first-order chi connectivity index (χ1) is 14.9. The fourth-order valence-electron chi connectivity index (χ4n) is 2.49. The van der Waals surface area contributed by atoms with Crippen molar-refractivity contribution in [1.82, 2.24) is 10.6 Å². The van der Waals surface area contributed by atoms with E-state index in [1.165, 1.54) is 0 Å². The molecule has 0 aliphatic heterocycles. The summed E-state index contributed by atoms with van der Waals surface area (Å²) in [5.74, 6) is -3.23. The third kappa shape index (κ3) is 11.0. The predicted molar refractivity (Wildman–Crippen MR) is 114 cm³/mol. The van der Waals surface area contributed by atoms with Crippen molar-refractivity contribution in [3.63, 3.8) is 0 Å². The van der Waals surface area contributed by atoms with Gasteiger partial charge in [-0.2, -0.15) is 0 Å². The molecule has 0 unspecified atom stereocenters. The largest absolute Gasteiger partial charge is 0.461 e. The molecule has 0 radical (unpaired) electrons. The Kier molecular flexibility index (Phi) is 10.1. The van der Waals surface area contributed by atoms with Crippen molar-refractivity contribution >= 4 is 29.8 Å². The van der Waals surface area contributed by atoms with Crippen molar-refractivity contribution < 1.29 is 33.4 Å². The summed E-state index contributed by atoms with van der Waals surface area (Å²) in [4.78, 5) is 59.5. The molecule has 0 spiro atoms. The summed E-state index contributed by atoms with van der Waals surface area (Å²) in [5, 5.41) is 4.55. The second-order valence-electron chi connectivity index (χ2n) is 8.02. The molecule has 11 nitrogen and oxygen atoms in total. The number of esters is 1. The van der Waals surface area contributed by atoms with Gasteiger partial charge >= 0.3 is 12.1 Å². The minimum Gasteiger partial charge on any atom is -0.461 e. The lowest BCUT2D eigenvalue weighted by Gasteiger charge is -2.24. The third-order valence-corrected chi connectivity index (χ3v) is 3.95. The van der Waals surface area contributed by atoms with Gasteiger partial charge in [0.15, 0.2) is 0 Å². The van der Waals surface area contributed by atoms with Gasteiger partial charge in [0.2, 0.25) is 17.7 Å². The van der Waals surface area contributed by atoms with Gasteiger partial charge in [-0.1, -0.05) is 30.3 Å². The summed E-state index contributed by atoms with van der Waals surface area (Å²) in [6.45, 7) is 4.93. The van der Waals surface area contributed by atoms with Gasteiger partial charge in [0.05, 0.1) is 6.42 Å². The van der Waals surface area contributed by atoms with Crippen molar-refractivity contribution in [2.45, 2.75) is 64.3 Å². The lowest BCUT2D eigenvalue weighted by atomic mass is 10.1. The highest BCUT2D eigenvalue weighted by Crippen LogP contribution is 2.08. The Bertz CT molecular complexity index is 821. The van der Waals surface area contributed by atoms with E-state index in [0.29, 0.717) is 0 Å². The van der Waals surface area contributed by atoms with Gasteiger partial charge in [0.25, 0.3) is 0 Å². The van der Waals surface area contributed by atoms with Gasteiger partial charge in [0.1, 0.15) is 24.3 Å². The highest BCUT2D eigenvalue weighted by Gasteiger charge is 2.29. The molecule has 0 bridgehead atoms. The lowest BCUT2D eigenvalue weighted by Crippen LogP contribution is -2.54. The highest BCUT2D eigenvalue weighted by molar-refractivity contribution is 5.93. The molecule has 0 fully saturated rings. The molecule has 0 saturated heterocycles. The molecule has 0 saturated carbocycles. The molecule has 2 atom stereocenters. The van der Waals surface area contributed by atoms with Crippen LogP contribution in [0.2, 0.25) is 0 Å². The zero-order valence-corrected chi connectivity index (χ0v) is 18.4. The van der Waals surface area contributed by atoms with Gasteiger partial charge < -0.3 is 31.6 Å². The summed E-state index contributed by atoms with van der Waals surface area (Å²) in [5.41, 5.74) is 10.4. The fraction of sp³-hybridized carbons (Fsp3) is 0.476. The van der Waals surface area contributed by atoms with Gasteiger partial charge in [-0.05, 0) is 32.8 Å². The molecular formula is C21H30N4O7. The zero-order chi connectivity index (χ0) is 24.3. The SMILES string of the molecule is CC(C)(C)OC(=O)N[C@@H](CC(N)=O)C(=O)N[C@H](CCC(=O)OCc1ccccc1)C(N)=O. The first-order valence-electron chi connectivity index (χ1n) is 9.94. The third-order valence-electron chi connectivity index (χ3n) is 3.95. The molecule has 6 N–H and O–H groups in total. The molecule has 32 heavy (non-hydrogen) atoms. The Labute approximate surface area is 186 Å². The molecule has 4 amide bonds. The first kappa shape index (κ1) is 26.4. The van der Waals surface area contributed by atoms with E-state index in [1.54, 1.807) is 45.0 Å². The van der Waals surface area contributed by atoms with Crippen molar-refractivity contribution in [3.8, 4) is 0 Å². The van der Waals surface area contributed by atoms with Crippen LogP contribution in [0.5, 0.6) is 0 Å². The summed E-state index contributed by atoms with van der Waals surface area (Å²) in [7, 11) is 0. The van der Waals surface area contributed by atoms with E-state index in [4.69, 9.17) is 20.9 Å². The van der Waals surface area contributed by atoms with Crippen molar-refractivity contribution in [3.05, 3.63) is 35.9 Å².